The second kappa shape index (κ2) is 6.16. The molecule has 0 unspecified atom stereocenters. The topological polar surface area (TPSA) is 65.1 Å². The van der Waals surface area contributed by atoms with Gasteiger partial charge in [-0.1, -0.05) is 12.1 Å². The van der Waals surface area contributed by atoms with E-state index < -0.39 is 0 Å². The Hall–Kier alpha value is -3.54. The summed E-state index contributed by atoms with van der Waals surface area (Å²) >= 11 is 0. The molecule has 6 nitrogen and oxygen atoms in total. The van der Waals surface area contributed by atoms with E-state index in [0.717, 1.165) is 11.3 Å². The second-order valence-corrected chi connectivity index (χ2v) is 5.59. The van der Waals surface area contributed by atoms with Crippen molar-refractivity contribution in [2.24, 2.45) is 12.1 Å². The highest BCUT2D eigenvalue weighted by Gasteiger charge is 2.12. The molecule has 1 aromatic carbocycles. The first-order valence-corrected chi connectivity index (χ1v) is 7.82. The minimum absolute atomic E-state index is 0.206. The molecule has 0 saturated carbocycles. The van der Waals surface area contributed by atoms with E-state index in [1.807, 2.05) is 60.3 Å². The summed E-state index contributed by atoms with van der Waals surface area (Å²) in [6.07, 6.45) is 6.92. The highest BCUT2D eigenvalue weighted by molar-refractivity contribution is 5.81. The summed E-state index contributed by atoms with van der Waals surface area (Å²) in [5.41, 5.74) is 2.11. The number of para-hydroxylation sites is 1. The molecule has 25 heavy (non-hydrogen) atoms. The Bertz CT molecular complexity index is 1130. The first-order valence-electron chi connectivity index (χ1n) is 7.82. The van der Waals surface area contributed by atoms with Crippen LogP contribution in [0.3, 0.4) is 0 Å². The molecular weight excluding hydrogens is 314 g/mol. The molecule has 0 fully saturated rings. The predicted octanol–water partition coefficient (Wildman–Crippen LogP) is 2.68. The predicted molar refractivity (Wildman–Crippen MR) is 97.6 cm³/mol. The van der Waals surface area contributed by atoms with Gasteiger partial charge in [0.2, 0.25) is 0 Å². The molecule has 4 rings (SSSR count). The minimum atomic E-state index is -0.206. The largest absolute Gasteiger partial charge is 0.350 e. The molecule has 0 spiro atoms. The number of aromatic nitrogens is 4. The van der Waals surface area contributed by atoms with E-state index >= 15 is 0 Å². The van der Waals surface area contributed by atoms with Crippen molar-refractivity contribution >= 4 is 17.1 Å². The van der Waals surface area contributed by atoms with Crippen molar-refractivity contribution in [3.8, 4) is 11.4 Å². The molecule has 0 aliphatic carbocycles. The number of hydrogen-bond donors (Lipinski definition) is 0. The van der Waals surface area contributed by atoms with Gasteiger partial charge in [-0.2, -0.15) is 9.78 Å². The van der Waals surface area contributed by atoms with Crippen molar-refractivity contribution in [1.82, 2.24) is 19.2 Å². The Balaban J connectivity index is 1.97. The monoisotopic (exact) mass is 329 g/mol. The van der Waals surface area contributed by atoms with E-state index in [1.165, 1.54) is 4.68 Å². The van der Waals surface area contributed by atoms with Gasteiger partial charge < -0.3 is 4.57 Å². The lowest BCUT2D eigenvalue weighted by Crippen LogP contribution is -2.20. The van der Waals surface area contributed by atoms with Gasteiger partial charge in [0.25, 0.3) is 5.56 Å². The van der Waals surface area contributed by atoms with Gasteiger partial charge in [-0.15, -0.1) is 0 Å². The zero-order chi connectivity index (χ0) is 17.2. The summed E-state index contributed by atoms with van der Waals surface area (Å²) in [6, 6.07) is 14.7. The summed E-state index contributed by atoms with van der Waals surface area (Å²) in [4.78, 5) is 21.6. The van der Waals surface area contributed by atoms with E-state index in [4.69, 9.17) is 0 Å². The van der Waals surface area contributed by atoms with E-state index in [9.17, 15) is 4.79 Å². The lowest BCUT2D eigenvalue weighted by molar-refractivity contribution is 0.824. The van der Waals surface area contributed by atoms with Gasteiger partial charge >= 0.3 is 0 Å². The van der Waals surface area contributed by atoms with Gasteiger partial charge in [-0.25, -0.2) is 4.98 Å². The van der Waals surface area contributed by atoms with Crippen molar-refractivity contribution in [1.29, 1.82) is 0 Å². The van der Waals surface area contributed by atoms with Gasteiger partial charge in [-0.05, 0) is 36.4 Å². The average Bonchev–Trinajstić information content (AvgIpc) is 3.06. The third-order valence-electron chi connectivity index (χ3n) is 3.98. The second-order valence-electron chi connectivity index (χ2n) is 5.59. The molecule has 3 aromatic heterocycles. The van der Waals surface area contributed by atoms with Gasteiger partial charge in [0.1, 0.15) is 0 Å². The number of nitrogens with zero attached hydrogens (tertiary/aromatic N) is 5. The van der Waals surface area contributed by atoms with Gasteiger partial charge in [0.05, 0.1) is 22.8 Å². The van der Waals surface area contributed by atoms with Crippen LogP contribution in [0.1, 0.15) is 5.69 Å². The van der Waals surface area contributed by atoms with Crippen LogP contribution in [0, 0.1) is 0 Å². The first kappa shape index (κ1) is 15.0. The molecule has 0 aliphatic heterocycles. The van der Waals surface area contributed by atoms with Crippen molar-refractivity contribution < 1.29 is 0 Å². The molecule has 0 radical (unpaired) electrons. The molecule has 6 heteroatoms. The summed E-state index contributed by atoms with van der Waals surface area (Å²) < 4.78 is 3.26. The van der Waals surface area contributed by atoms with E-state index in [1.54, 1.807) is 24.7 Å². The van der Waals surface area contributed by atoms with Gasteiger partial charge in [-0.3, -0.25) is 9.78 Å². The first-order chi connectivity index (χ1) is 12.2. The van der Waals surface area contributed by atoms with Crippen molar-refractivity contribution in [2.45, 2.75) is 0 Å². The average molecular weight is 329 g/mol. The van der Waals surface area contributed by atoms with E-state index in [-0.39, 0.29) is 5.56 Å². The molecule has 4 aromatic rings. The molecule has 0 saturated heterocycles. The number of aryl methyl sites for hydroxylation is 1. The van der Waals surface area contributed by atoms with E-state index in [2.05, 4.69) is 15.1 Å². The van der Waals surface area contributed by atoms with Crippen LogP contribution in [-0.2, 0) is 7.05 Å². The third kappa shape index (κ3) is 2.74. The number of rotatable bonds is 3. The molecule has 0 N–H and O–H groups in total. The molecule has 122 valence electrons. The molecular formula is C19H15N5O. The molecule has 0 amide bonds. The van der Waals surface area contributed by atoms with Crippen LogP contribution in [0.25, 0.3) is 22.3 Å². The maximum Gasteiger partial charge on any atom is 0.282 e. The zero-order valence-corrected chi connectivity index (χ0v) is 13.6. The Morgan fingerprint density at radius 1 is 1.04 bits per heavy atom. The summed E-state index contributed by atoms with van der Waals surface area (Å²) in [7, 11) is 1.92. The molecule has 3 heterocycles. The fourth-order valence-corrected chi connectivity index (χ4v) is 2.64. The SMILES string of the molecule is Cn1cccc1C=Nn1c(-c2ccncc2)nc2ccccc2c1=O. The fraction of sp³-hybridized carbons (Fsp3) is 0.0526. The standard InChI is InChI=1S/C19H15N5O/c1-23-12-4-5-15(23)13-21-24-18(14-8-10-20-11-9-14)22-17-7-3-2-6-16(17)19(24)25/h2-13H,1H3. The van der Waals surface area contributed by atoms with Gasteiger partial charge in [0, 0.05) is 31.2 Å². The van der Waals surface area contributed by atoms with Crippen LogP contribution in [0.5, 0.6) is 0 Å². The summed E-state index contributed by atoms with van der Waals surface area (Å²) in [5.74, 6) is 0.483. The minimum Gasteiger partial charge on any atom is -0.350 e. The maximum atomic E-state index is 13.0. The lowest BCUT2D eigenvalue weighted by Gasteiger charge is -2.09. The van der Waals surface area contributed by atoms with Crippen LogP contribution >= 0.6 is 0 Å². The smallest absolute Gasteiger partial charge is 0.282 e. The molecule has 0 atom stereocenters. The van der Waals surface area contributed by atoms with Crippen LogP contribution in [0.15, 0.2) is 77.0 Å². The van der Waals surface area contributed by atoms with E-state index in [0.29, 0.717) is 16.7 Å². The normalized spacial score (nSPS) is 11.4. The third-order valence-corrected chi connectivity index (χ3v) is 3.98. The molecule has 0 bridgehead atoms. The highest BCUT2D eigenvalue weighted by Crippen LogP contribution is 2.18. The lowest BCUT2D eigenvalue weighted by atomic mass is 10.2. The number of fused-ring (bicyclic) bond motifs is 1. The van der Waals surface area contributed by atoms with Crippen LogP contribution in [0.4, 0.5) is 0 Å². The number of hydrogen-bond acceptors (Lipinski definition) is 4. The fourth-order valence-electron chi connectivity index (χ4n) is 2.64. The van der Waals surface area contributed by atoms with Crippen LogP contribution < -0.4 is 5.56 Å². The Morgan fingerprint density at radius 3 is 2.60 bits per heavy atom. The zero-order valence-electron chi connectivity index (χ0n) is 13.6. The summed E-state index contributed by atoms with van der Waals surface area (Å²) in [6.45, 7) is 0. The van der Waals surface area contributed by atoms with Crippen LogP contribution in [0.2, 0.25) is 0 Å². The van der Waals surface area contributed by atoms with Crippen molar-refractivity contribution in [3.63, 3.8) is 0 Å². The Labute approximate surface area is 143 Å². The quantitative estimate of drug-likeness (QED) is 0.543. The highest BCUT2D eigenvalue weighted by atomic mass is 16.1. The number of benzene rings is 1. The van der Waals surface area contributed by atoms with Crippen LogP contribution in [-0.4, -0.2) is 25.4 Å². The van der Waals surface area contributed by atoms with Gasteiger partial charge in [0.15, 0.2) is 5.82 Å². The Kier molecular flexibility index (Phi) is 3.70. The van der Waals surface area contributed by atoms with Crippen molar-refractivity contribution in [3.05, 3.63) is 83.2 Å². The Morgan fingerprint density at radius 2 is 1.84 bits per heavy atom. The summed E-state index contributed by atoms with van der Waals surface area (Å²) in [5, 5.41) is 4.94. The molecule has 0 aliphatic rings. The number of pyridine rings is 1. The van der Waals surface area contributed by atoms with Crippen molar-refractivity contribution in [2.75, 3.05) is 0 Å². The maximum absolute atomic E-state index is 13.0.